The summed E-state index contributed by atoms with van der Waals surface area (Å²) in [6.07, 6.45) is 0. The summed E-state index contributed by atoms with van der Waals surface area (Å²) < 4.78 is 4.55. The molecule has 0 spiro atoms. The van der Waals surface area contributed by atoms with Gasteiger partial charge in [-0.25, -0.2) is 0 Å². The summed E-state index contributed by atoms with van der Waals surface area (Å²) in [5.41, 5.74) is 1.86. The van der Waals surface area contributed by atoms with Crippen molar-refractivity contribution < 1.29 is 14.3 Å². The predicted molar refractivity (Wildman–Crippen MR) is 61.7 cm³/mol. The molecule has 0 aromatic carbocycles. The molecule has 0 bridgehead atoms. The number of nitrogens with one attached hydrogen (secondary N) is 1. The van der Waals surface area contributed by atoms with Gasteiger partial charge < -0.3 is 9.64 Å². The van der Waals surface area contributed by atoms with Crippen molar-refractivity contribution in [1.82, 2.24) is 15.1 Å². The van der Waals surface area contributed by atoms with Crippen molar-refractivity contribution in [2.75, 3.05) is 20.2 Å². The van der Waals surface area contributed by atoms with Crippen LogP contribution in [0, 0.1) is 13.8 Å². The van der Waals surface area contributed by atoms with Crippen molar-refractivity contribution >= 4 is 11.9 Å². The van der Waals surface area contributed by atoms with E-state index in [1.165, 1.54) is 12.0 Å². The number of hydrogen-bond donors (Lipinski definition) is 1. The fourth-order valence-electron chi connectivity index (χ4n) is 1.57. The SMILES string of the molecule is CCN(CC(=O)OC)C(=O)c1c(C)n[nH]c1C. The molecule has 94 valence electrons. The summed E-state index contributed by atoms with van der Waals surface area (Å²) in [5, 5.41) is 6.71. The first-order chi connectivity index (χ1) is 8.01. The molecule has 0 atom stereocenters. The van der Waals surface area contributed by atoms with E-state index in [9.17, 15) is 9.59 Å². The third-order valence-electron chi connectivity index (χ3n) is 2.56. The highest BCUT2D eigenvalue weighted by atomic mass is 16.5. The Morgan fingerprint density at radius 3 is 2.47 bits per heavy atom. The van der Waals surface area contributed by atoms with Gasteiger partial charge in [0.15, 0.2) is 0 Å². The van der Waals surface area contributed by atoms with E-state index < -0.39 is 5.97 Å². The Morgan fingerprint density at radius 2 is 2.06 bits per heavy atom. The van der Waals surface area contributed by atoms with Gasteiger partial charge in [0.1, 0.15) is 6.54 Å². The zero-order chi connectivity index (χ0) is 13.0. The van der Waals surface area contributed by atoms with Crippen LogP contribution in [0.2, 0.25) is 0 Å². The van der Waals surface area contributed by atoms with Crippen molar-refractivity contribution in [1.29, 1.82) is 0 Å². The fraction of sp³-hybridized carbons (Fsp3) is 0.545. The van der Waals surface area contributed by atoms with E-state index in [1.807, 2.05) is 6.92 Å². The maximum atomic E-state index is 12.2. The molecule has 1 N–H and O–H groups in total. The van der Waals surface area contributed by atoms with E-state index in [0.29, 0.717) is 23.5 Å². The number of nitrogens with zero attached hydrogens (tertiary/aromatic N) is 2. The average Bonchev–Trinajstić information content (AvgIpc) is 2.64. The van der Waals surface area contributed by atoms with Gasteiger partial charge >= 0.3 is 5.97 Å². The molecule has 0 saturated heterocycles. The number of esters is 1. The molecule has 1 aromatic heterocycles. The summed E-state index contributed by atoms with van der Waals surface area (Å²) in [7, 11) is 1.30. The first-order valence-electron chi connectivity index (χ1n) is 5.38. The molecule has 0 radical (unpaired) electrons. The van der Waals surface area contributed by atoms with Crippen molar-refractivity contribution in [3.8, 4) is 0 Å². The number of amides is 1. The van der Waals surface area contributed by atoms with Crippen LogP contribution in [0.5, 0.6) is 0 Å². The smallest absolute Gasteiger partial charge is 0.325 e. The van der Waals surface area contributed by atoms with Crippen molar-refractivity contribution in [2.45, 2.75) is 20.8 Å². The van der Waals surface area contributed by atoms with E-state index in [4.69, 9.17) is 0 Å². The van der Waals surface area contributed by atoms with Crippen molar-refractivity contribution in [3.05, 3.63) is 17.0 Å². The monoisotopic (exact) mass is 239 g/mol. The van der Waals surface area contributed by atoms with Crippen LogP contribution in [-0.4, -0.2) is 47.2 Å². The quantitative estimate of drug-likeness (QED) is 0.783. The molecule has 0 fully saturated rings. The molecule has 1 amide bonds. The van der Waals surface area contributed by atoms with Crippen LogP contribution in [-0.2, 0) is 9.53 Å². The van der Waals surface area contributed by atoms with Crippen molar-refractivity contribution in [2.24, 2.45) is 0 Å². The molecule has 0 unspecified atom stereocenters. The van der Waals surface area contributed by atoms with Crippen LogP contribution in [0.15, 0.2) is 0 Å². The standard InChI is InChI=1S/C11H17N3O3/c1-5-14(6-9(15)17-4)11(16)10-7(2)12-13-8(10)3/h5-6H2,1-4H3,(H,12,13). The molecular weight excluding hydrogens is 222 g/mol. The lowest BCUT2D eigenvalue weighted by Crippen LogP contribution is -2.36. The average molecular weight is 239 g/mol. The van der Waals surface area contributed by atoms with Gasteiger partial charge in [0, 0.05) is 12.2 Å². The van der Waals surface area contributed by atoms with Crippen LogP contribution >= 0.6 is 0 Å². The minimum atomic E-state index is -0.431. The lowest BCUT2D eigenvalue weighted by molar-refractivity contribution is -0.141. The predicted octanol–water partition coefficient (Wildman–Crippen LogP) is 0.662. The lowest BCUT2D eigenvalue weighted by atomic mass is 10.1. The van der Waals surface area contributed by atoms with E-state index >= 15 is 0 Å². The van der Waals surface area contributed by atoms with Crippen molar-refractivity contribution in [3.63, 3.8) is 0 Å². The van der Waals surface area contributed by atoms with Gasteiger partial charge in [0.2, 0.25) is 0 Å². The number of carbonyl (C=O) groups excluding carboxylic acids is 2. The third-order valence-corrected chi connectivity index (χ3v) is 2.56. The summed E-state index contributed by atoms with van der Waals surface area (Å²) >= 11 is 0. The fourth-order valence-corrected chi connectivity index (χ4v) is 1.57. The topological polar surface area (TPSA) is 75.3 Å². The lowest BCUT2D eigenvalue weighted by Gasteiger charge is -2.19. The number of likely N-dealkylation sites (N-methyl/N-ethyl adjacent to an activating group) is 1. The molecule has 0 aliphatic rings. The number of H-pyrrole nitrogens is 1. The molecule has 1 aromatic rings. The molecular formula is C11H17N3O3. The number of aromatic nitrogens is 2. The van der Waals surface area contributed by atoms with Gasteiger partial charge in [0.05, 0.1) is 18.4 Å². The molecule has 1 heterocycles. The highest BCUT2D eigenvalue weighted by Gasteiger charge is 2.22. The Kier molecular flexibility index (Phi) is 4.25. The van der Waals surface area contributed by atoms with E-state index in [1.54, 1.807) is 13.8 Å². The maximum Gasteiger partial charge on any atom is 0.325 e. The Morgan fingerprint density at radius 1 is 1.41 bits per heavy atom. The van der Waals surface area contributed by atoms with Gasteiger partial charge in [0.25, 0.3) is 5.91 Å². The number of carbonyl (C=O) groups is 2. The molecule has 6 heteroatoms. The second kappa shape index (κ2) is 5.47. The van der Waals surface area contributed by atoms with Gasteiger partial charge in [-0.15, -0.1) is 0 Å². The molecule has 17 heavy (non-hydrogen) atoms. The molecule has 0 aliphatic carbocycles. The molecule has 0 aliphatic heterocycles. The highest BCUT2D eigenvalue weighted by molar-refractivity contribution is 5.97. The number of hydrogen-bond acceptors (Lipinski definition) is 4. The van der Waals surface area contributed by atoms with Crippen LogP contribution < -0.4 is 0 Å². The number of methoxy groups -OCH3 is 1. The van der Waals surface area contributed by atoms with Gasteiger partial charge in [-0.05, 0) is 20.8 Å². The summed E-state index contributed by atoms with van der Waals surface area (Å²) in [6, 6.07) is 0. The Bertz CT molecular complexity index is 406. The zero-order valence-corrected chi connectivity index (χ0v) is 10.5. The van der Waals surface area contributed by atoms with Gasteiger partial charge in [-0.1, -0.05) is 0 Å². The van der Waals surface area contributed by atoms with Crippen LogP contribution in [0.3, 0.4) is 0 Å². The van der Waals surface area contributed by atoms with Gasteiger partial charge in [-0.3, -0.25) is 14.7 Å². The minimum absolute atomic E-state index is 0.0457. The van der Waals surface area contributed by atoms with Gasteiger partial charge in [-0.2, -0.15) is 5.10 Å². The Balaban J connectivity index is 2.90. The Hall–Kier alpha value is -1.85. The Labute approximate surface area is 99.9 Å². The second-order valence-corrected chi connectivity index (χ2v) is 3.70. The number of aromatic amines is 1. The zero-order valence-electron chi connectivity index (χ0n) is 10.5. The molecule has 6 nitrogen and oxygen atoms in total. The van der Waals surface area contributed by atoms with E-state index in [-0.39, 0.29) is 12.5 Å². The second-order valence-electron chi connectivity index (χ2n) is 3.70. The maximum absolute atomic E-state index is 12.2. The first-order valence-corrected chi connectivity index (χ1v) is 5.38. The number of rotatable bonds is 4. The normalized spacial score (nSPS) is 10.1. The molecule has 0 saturated carbocycles. The number of ether oxygens (including phenoxy) is 1. The van der Waals surface area contributed by atoms with E-state index in [0.717, 1.165) is 0 Å². The summed E-state index contributed by atoms with van der Waals surface area (Å²) in [6.45, 7) is 5.74. The van der Waals surface area contributed by atoms with Crippen LogP contribution in [0.1, 0.15) is 28.7 Å². The summed E-state index contributed by atoms with van der Waals surface area (Å²) in [4.78, 5) is 24.8. The largest absolute Gasteiger partial charge is 0.468 e. The summed E-state index contributed by atoms with van der Waals surface area (Å²) in [5.74, 6) is -0.638. The van der Waals surface area contributed by atoms with Crippen LogP contribution in [0.4, 0.5) is 0 Å². The van der Waals surface area contributed by atoms with Crippen LogP contribution in [0.25, 0.3) is 0 Å². The molecule has 1 rings (SSSR count). The third kappa shape index (κ3) is 2.83. The minimum Gasteiger partial charge on any atom is -0.468 e. The number of aryl methyl sites for hydroxylation is 2. The first kappa shape index (κ1) is 13.2. The van der Waals surface area contributed by atoms with E-state index in [2.05, 4.69) is 14.9 Å². The highest BCUT2D eigenvalue weighted by Crippen LogP contribution is 2.12.